The van der Waals surface area contributed by atoms with Crippen LogP contribution in [0.2, 0.25) is 5.02 Å². The molecule has 1 aromatic carbocycles. The van der Waals surface area contributed by atoms with Gasteiger partial charge in [-0.15, -0.1) is 0 Å². The second-order valence-corrected chi connectivity index (χ2v) is 3.59. The van der Waals surface area contributed by atoms with E-state index >= 15 is 0 Å². The topological polar surface area (TPSA) is 46.2 Å². The fourth-order valence-electron chi connectivity index (χ4n) is 1.34. The van der Waals surface area contributed by atoms with E-state index in [1.807, 2.05) is 0 Å². The molecule has 14 heavy (non-hydrogen) atoms. The fourth-order valence-corrected chi connectivity index (χ4v) is 1.55. The van der Waals surface area contributed by atoms with E-state index in [2.05, 4.69) is 0 Å². The van der Waals surface area contributed by atoms with Gasteiger partial charge >= 0.3 is 0 Å². The third-order valence-corrected chi connectivity index (χ3v) is 2.60. The molecule has 0 atom stereocenters. The molecule has 0 aromatic heterocycles. The van der Waals surface area contributed by atoms with Crippen molar-refractivity contribution in [1.29, 1.82) is 0 Å². The van der Waals surface area contributed by atoms with Gasteiger partial charge in [-0.3, -0.25) is 0 Å². The van der Waals surface area contributed by atoms with E-state index in [1.165, 1.54) is 0 Å². The van der Waals surface area contributed by atoms with Crippen molar-refractivity contribution in [3.8, 4) is 5.75 Å². The van der Waals surface area contributed by atoms with Crippen molar-refractivity contribution in [2.75, 3.05) is 6.54 Å². The van der Waals surface area contributed by atoms with E-state index < -0.39 is 5.82 Å². The molecule has 0 aliphatic rings. The Kier molecular flexibility index (Phi) is 3.72. The number of rotatable bonds is 3. The predicted octanol–water partition coefficient (Wildman–Crippen LogP) is 2.38. The molecule has 0 bridgehead atoms. The van der Waals surface area contributed by atoms with Crippen molar-refractivity contribution in [3.63, 3.8) is 0 Å². The molecule has 78 valence electrons. The van der Waals surface area contributed by atoms with Crippen molar-refractivity contribution < 1.29 is 9.50 Å². The summed E-state index contributed by atoms with van der Waals surface area (Å²) in [7, 11) is 0. The Labute approximate surface area is 87.5 Å². The Morgan fingerprint density at radius 3 is 2.79 bits per heavy atom. The first-order valence-electron chi connectivity index (χ1n) is 4.44. The van der Waals surface area contributed by atoms with Crippen LogP contribution in [-0.4, -0.2) is 11.7 Å². The van der Waals surface area contributed by atoms with E-state index in [9.17, 15) is 9.50 Å². The number of hydrogen-bond donors (Lipinski definition) is 2. The summed E-state index contributed by atoms with van der Waals surface area (Å²) >= 11 is 5.79. The second-order valence-electron chi connectivity index (χ2n) is 3.18. The van der Waals surface area contributed by atoms with Gasteiger partial charge in [-0.2, -0.15) is 0 Å². The van der Waals surface area contributed by atoms with Gasteiger partial charge in [-0.05, 0) is 37.9 Å². The minimum absolute atomic E-state index is 0.305. The minimum atomic E-state index is -0.673. The van der Waals surface area contributed by atoms with E-state index in [0.29, 0.717) is 30.0 Å². The Hall–Kier alpha value is -0.800. The van der Waals surface area contributed by atoms with E-state index in [-0.39, 0.29) is 5.75 Å². The van der Waals surface area contributed by atoms with Crippen molar-refractivity contribution in [2.45, 2.75) is 19.8 Å². The maximum Gasteiger partial charge on any atom is 0.166 e. The van der Waals surface area contributed by atoms with Crippen LogP contribution in [0.15, 0.2) is 6.07 Å². The molecule has 0 fully saturated rings. The average Bonchev–Trinajstić information content (AvgIpc) is 2.15. The average molecular weight is 218 g/mol. The van der Waals surface area contributed by atoms with Gasteiger partial charge in [0.25, 0.3) is 0 Å². The number of nitrogens with two attached hydrogens (primary N) is 1. The summed E-state index contributed by atoms with van der Waals surface area (Å²) in [6, 6.07) is 1.12. The highest BCUT2D eigenvalue weighted by Gasteiger charge is 2.13. The predicted molar refractivity (Wildman–Crippen MR) is 55.2 cm³/mol. The van der Waals surface area contributed by atoms with Gasteiger partial charge in [0.15, 0.2) is 11.6 Å². The Morgan fingerprint density at radius 2 is 2.21 bits per heavy atom. The number of phenolic OH excluding ortho intramolecular Hbond substituents is 1. The molecule has 0 unspecified atom stereocenters. The normalized spacial score (nSPS) is 10.6. The number of hydrogen-bond acceptors (Lipinski definition) is 2. The van der Waals surface area contributed by atoms with Crippen molar-refractivity contribution >= 4 is 11.6 Å². The van der Waals surface area contributed by atoms with Gasteiger partial charge in [-0.1, -0.05) is 11.6 Å². The summed E-state index contributed by atoms with van der Waals surface area (Å²) in [6.07, 6.45) is 1.25. The van der Waals surface area contributed by atoms with Crippen LogP contribution in [0.3, 0.4) is 0 Å². The summed E-state index contributed by atoms with van der Waals surface area (Å²) in [5.74, 6) is -0.979. The second kappa shape index (κ2) is 4.62. The van der Waals surface area contributed by atoms with Gasteiger partial charge in [0, 0.05) is 10.6 Å². The maximum atomic E-state index is 13.1. The number of aromatic hydroxyl groups is 1. The Morgan fingerprint density at radius 1 is 1.57 bits per heavy atom. The standard InChI is InChI=1S/C10H13ClFNO/c1-6-7(3-2-4-13)10(14)9(12)5-8(6)11/h5,14H,2-4,13H2,1H3. The zero-order valence-corrected chi connectivity index (χ0v) is 8.74. The molecule has 1 aromatic rings. The summed E-state index contributed by atoms with van der Waals surface area (Å²) in [5.41, 5.74) is 6.62. The molecule has 4 heteroatoms. The van der Waals surface area contributed by atoms with E-state index in [4.69, 9.17) is 17.3 Å². The van der Waals surface area contributed by atoms with Crippen LogP contribution < -0.4 is 5.73 Å². The lowest BCUT2D eigenvalue weighted by Gasteiger charge is -2.10. The highest BCUT2D eigenvalue weighted by Crippen LogP contribution is 2.31. The molecule has 0 aliphatic heterocycles. The molecular formula is C10H13ClFNO. The van der Waals surface area contributed by atoms with Crippen molar-refractivity contribution in [2.24, 2.45) is 5.73 Å². The van der Waals surface area contributed by atoms with E-state index in [1.54, 1.807) is 6.92 Å². The van der Waals surface area contributed by atoms with Gasteiger partial charge in [0.1, 0.15) is 0 Å². The van der Waals surface area contributed by atoms with Gasteiger partial charge < -0.3 is 10.8 Å². The fraction of sp³-hybridized carbons (Fsp3) is 0.400. The highest BCUT2D eigenvalue weighted by atomic mass is 35.5. The van der Waals surface area contributed by atoms with E-state index in [0.717, 1.165) is 11.6 Å². The molecule has 2 nitrogen and oxygen atoms in total. The van der Waals surface area contributed by atoms with Crippen molar-refractivity contribution in [3.05, 3.63) is 28.0 Å². The zero-order valence-electron chi connectivity index (χ0n) is 7.98. The van der Waals surface area contributed by atoms with Gasteiger partial charge in [-0.25, -0.2) is 4.39 Å². The van der Waals surface area contributed by atoms with Crippen LogP contribution in [-0.2, 0) is 6.42 Å². The maximum absolute atomic E-state index is 13.1. The Bertz CT molecular complexity index is 315. The van der Waals surface area contributed by atoms with Gasteiger partial charge in [0.2, 0.25) is 0 Å². The first kappa shape index (κ1) is 11.3. The first-order valence-corrected chi connectivity index (χ1v) is 4.82. The lowest BCUT2D eigenvalue weighted by Crippen LogP contribution is -2.02. The largest absolute Gasteiger partial charge is 0.505 e. The van der Waals surface area contributed by atoms with Crippen molar-refractivity contribution in [1.82, 2.24) is 0 Å². The summed E-state index contributed by atoms with van der Waals surface area (Å²) in [6.45, 7) is 2.26. The van der Waals surface area contributed by atoms with Crippen LogP contribution in [0.25, 0.3) is 0 Å². The first-order chi connectivity index (χ1) is 6.57. The number of phenols is 1. The SMILES string of the molecule is Cc1c(Cl)cc(F)c(O)c1CCCN. The van der Waals surface area contributed by atoms with Crippen LogP contribution in [0.4, 0.5) is 4.39 Å². The van der Waals surface area contributed by atoms with Crippen LogP contribution >= 0.6 is 11.6 Å². The molecule has 0 spiro atoms. The molecule has 0 saturated heterocycles. The lowest BCUT2D eigenvalue weighted by atomic mass is 10.0. The summed E-state index contributed by atoms with van der Waals surface area (Å²) in [4.78, 5) is 0. The minimum Gasteiger partial charge on any atom is -0.505 e. The quantitative estimate of drug-likeness (QED) is 0.817. The number of benzene rings is 1. The van der Waals surface area contributed by atoms with Crippen LogP contribution in [0.5, 0.6) is 5.75 Å². The lowest BCUT2D eigenvalue weighted by molar-refractivity contribution is 0.424. The highest BCUT2D eigenvalue weighted by molar-refractivity contribution is 6.31. The molecule has 0 heterocycles. The van der Waals surface area contributed by atoms with Crippen LogP contribution in [0.1, 0.15) is 17.5 Å². The molecule has 1 rings (SSSR count). The number of halogens is 2. The summed E-state index contributed by atoms with van der Waals surface area (Å²) in [5, 5.41) is 9.80. The molecule has 0 aliphatic carbocycles. The van der Waals surface area contributed by atoms with Gasteiger partial charge in [0.05, 0.1) is 0 Å². The Balaban J connectivity index is 3.11. The smallest absolute Gasteiger partial charge is 0.166 e. The summed E-state index contributed by atoms with van der Waals surface area (Å²) < 4.78 is 13.1. The molecule has 0 radical (unpaired) electrons. The third-order valence-electron chi connectivity index (χ3n) is 2.21. The molecule has 3 N–H and O–H groups in total. The molecule has 0 saturated carbocycles. The van der Waals surface area contributed by atoms with Crippen LogP contribution in [0, 0.1) is 12.7 Å². The molecule has 0 amide bonds. The molecular weight excluding hydrogens is 205 g/mol. The zero-order chi connectivity index (χ0) is 10.7. The third kappa shape index (κ3) is 2.16. The monoisotopic (exact) mass is 217 g/mol.